The first kappa shape index (κ1) is 9.57. The van der Waals surface area contributed by atoms with E-state index in [1.54, 1.807) is 0 Å². The summed E-state index contributed by atoms with van der Waals surface area (Å²) in [5.74, 6) is 1.80. The van der Waals surface area contributed by atoms with Crippen molar-refractivity contribution >= 4 is 12.0 Å². The van der Waals surface area contributed by atoms with Crippen LogP contribution in [-0.4, -0.2) is 0 Å². The number of ether oxygens (including phenoxy) is 1. The summed E-state index contributed by atoms with van der Waals surface area (Å²) >= 11 is 1.51. The summed E-state index contributed by atoms with van der Waals surface area (Å²) in [4.78, 5) is -0.323. The Balaban J connectivity index is 2.00. The number of hydrogen-bond donors (Lipinski definition) is 0. The van der Waals surface area contributed by atoms with Crippen LogP contribution in [0.3, 0.4) is 0 Å². The van der Waals surface area contributed by atoms with Crippen LogP contribution < -0.4 is 4.74 Å². The fourth-order valence-corrected chi connectivity index (χ4v) is 3.07. The number of para-hydroxylation sites is 1. The summed E-state index contributed by atoms with van der Waals surface area (Å²) in [6, 6.07) is 14.3. The van der Waals surface area contributed by atoms with E-state index in [9.17, 15) is 0 Å². The average molecular weight is 242 g/mol. The predicted molar refractivity (Wildman–Crippen MR) is 67.2 cm³/mol. The third-order valence-corrected chi connectivity index (χ3v) is 4.14. The van der Waals surface area contributed by atoms with Crippen LogP contribution >= 0.6 is 12.0 Å². The van der Waals surface area contributed by atoms with Crippen molar-refractivity contribution in [2.24, 2.45) is 0 Å². The normalized spacial score (nSPS) is 23.8. The van der Waals surface area contributed by atoms with Crippen molar-refractivity contribution in [3.63, 3.8) is 0 Å². The van der Waals surface area contributed by atoms with Crippen molar-refractivity contribution in [2.45, 2.75) is 11.9 Å². The molecule has 2 aliphatic rings. The van der Waals surface area contributed by atoms with Gasteiger partial charge in [-0.05, 0) is 25.1 Å². The number of hydrogen-bond acceptors (Lipinski definition) is 3. The Bertz CT molecular complexity index is 617. The van der Waals surface area contributed by atoms with Gasteiger partial charge in [0.2, 0.25) is 4.93 Å². The highest BCUT2D eigenvalue weighted by atomic mass is 32.2. The van der Waals surface area contributed by atoms with Crippen molar-refractivity contribution in [1.82, 2.24) is 0 Å². The Labute approximate surface area is 104 Å². The third kappa shape index (κ3) is 1.21. The van der Waals surface area contributed by atoms with Crippen molar-refractivity contribution < 1.29 is 8.92 Å². The molecule has 0 aromatic heterocycles. The van der Waals surface area contributed by atoms with E-state index in [1.165, 1.54) is 17.6 Å². The van der Waals surface area contributed by atoms with Crippen molar-refractivity contribution in [1.29, 1.82) is 0 Å². The molecular formula is C14H10O2S. The second kappa shape index (κ2) is 3.06. The van der Waals surface area contributed by atoms with Gasteiger partial charge < -0.3 is 4.74 Å². The molecule has 0 aliphatic carbocycles. The maximum absolute atomic E-state index is 5.91. The molecule has 3 heteroatoms. The lowest BCUT2D eigenvalue weighted by molar-refractivity contribution is 0.331. The van der Waals surface area contributed by atoms with E-state index >= 15 is 0 Å². The first-order chi connectivity index (χ1) is 8.29. The van der Waals surface area contributed by atoms with Crippen LogP contribution in [0.15, 0.2) is 42.5 Å². The Kier molecular flexibility index (Phi) is 1.72. The number of benzene rings is 2. The molecule has 0 bridgehead atoms. The molecule has 2 aromatic carbocycles. The molecule has 0 amide bonds. The van der Waals surface area contributed by atoms with Gasteiger partial charge in [0, 0.05) is 23.2 Å². The monoisotopic (exact) mass is 242 g/mol. The van der Waals surface area contributed by atoms with E-state index in [4.69, 9.17) is 8.92 Å². The van der Waals surface area contributed by atoms with E-state index in [1.807, 2.05) is 24.3 Å². The fraction of sp³-hybridized carbons (Fsp3) is 0.143. The molecule has 0 saturated carbocycles. The molecule has 2 aliphatic heterocycles. The molecule has 0 radical (unpaired) electrons. The molecule has 2 nitrogen and oxygen atoms in total. The minimum Gasteiger partial charge on any atom is -0.456 e. The van der Waals surface area contributed by atoms with Gasteiger partial charge in [-0.2, -0.15) is 0 Å². The lowest BCUT2D eigenvalue weighted by Crippen LogP contribution is -2.16. The van der Waals surface area contributed by atoms with Crippen LogP contribution in [0.25, 0.3) is 0 Å². The van der Waals surface area contributed by atoms with Gasteiger partial charge in [0.05, 0.1) is 0 Å². The molecule has 4 rings (SSSR count). The molecule has 84 valence electrons. The van der Waals surface area contributed by atoms with Crippen molar-refractivity contribution in [2.75, 3.05) is 0 Å². The maximum atomic E-state index is 5.91. The molecule has 1 fully saturated rings. The van der Waals surface area contributed by atoms with Gasteiger partial charge >= 0.3 is 0 Å². The van der Waals surface area contributed by atoms with E-state index in [-0.39, 0.29) is 4.93 Å². The average Bonchev–Trinajstić information content (AvgIpc) is 3.13. The Morgan fingerprint density at radius 3 is 2.59 bits per heavy atom. The molecule has 1 spiro atoms. The zero-order valence-electron chi connectivity index (χ0n) is 9.27. The largest absolute Gasteiger partial charge is 0.456 e. The molecule has 1 atom stereocenters. The van der Waals surface area contributed by atoms with Crippen LogP contribution in [0.4, 0.5) is 0 Å². The molecule has 17 heavy (non-hydrogen) atoms. The molecule has 2 heterocycles. The van der Waals surface area contributed by atoms with Crippen molar-refractivity contribution in [3.05, 3.63) is 59.2 Å². The molecule has 2 aromatic rings. The minimum absolute atomic E-state index is 0.323. The smallest absolute Gasteiger partial charge is 0.211 e. The van der Waals surface area contributed by atoms with E-state index in [0.717, 1.165) is 22.6 Å². The molecule has 0 N–H and O–H groups in total. The molecule has 1 saturated heterocycles. The SMILES string of the molecule is Cc1ccc2c(c1)C1(OS1)c1ccccc1O2. The summed E-state index contributed by atoms with van der Waals surface area (Å²) in [6.45, 7) is 2.08. The summed E-state index contributed by atoms with van der Waals surface area (Å²) in [7, 11) is 0. The van der Waals surface area contributed by atoms with Gasteiger partial charge in [0.1, 0.15) is 11.5 Å². The van der Waals surface area contributed by atoms with Gasteiger partial charge in [0.15, 0.2) is 0 Å². The second-order valence-corrected chi connectivity index (χ2v) is 5.29. The van der Waals surface area contributed by atoms with Crippen LogP contribution in [0, 0.1) is 6.92 Å². The van der Waals surface area contributed by atoms with E-state index in [0.29, 0.717) is 0 Å². The second-order valence-electron chi connectivity index (χ2n) is 4.38. The first-order valence-electron chi connectivity index (χ1n) is 5.55. The standard InChI is InChI=1S/C14H10O2S/c1-9-6-7-13-11(8-9)14(16-17-14)10-4-2-3-5-12(10)15-13/h2-8H,1H3. The lowest BCUT2D eigenvalue weighted by atomic mass is 9.95. The number of rotatable bonds is 0. The van der Waals surface area contributed by atoms with Gasteiger partial charge in [-0.3, -0.25) is 4.18 Å². The van der Waals surface area contributed by atoms with Gasteiger partial charge in [0.25, 0.3) is 0 Å². The Morgan fingerprint density at radius 1 is 1.00 bits per heavy atom. The molecular weight excluding hydrogens is 232 g/mol. The summed E-state index contributed by atoms with van der Waals surface area (Å²) in [5.41, 5.74) is 3.46. The zero-order chi connectivity index (χ0) is 11.5. The number of aryl methyl sites for hydroxylation is 1. The van der Waals surface area contributed by atoms with Gasteiger partial charge in [-0.25, -0.2) is 0 Å². The molecule has 1 unspecified atom stereocenters. The minimum atomic E-state index is -0.323. The van der Waals surface area contributed by atoms with E-state index in [2.05, 4.69) is 25.1 Å². The highest BCUT2D eigenvalue weighted by Gasteiger charge is 2.56. The van der Waals surface area contributed by atoms with Gasteiger partial charge in [-0.1, -0.05) is 29.8 Å². The summed E-state index contributed by atoms with van der Waals surface area (Å²) in [5, 5.41) is 0. The lowest BCUT2D eigenvalue weighted by Gasteiger charge is -2.24. The van der Waals surface area contributed by atoms with Crippen LogP contribution in [0.1, 0.15) is 16.7 Å². The van der Waals surface area contributed by atoms with E-state index < -0.39 is 0 Å². The fourth-order valence-electron chi connectivity index (χ4n) is 2.30. The van der Waals surface area contributed by atoms with Crippen LogP contribution in [0.2, 0.25) is 0 Å². The Morgan fingerprint density at radius 2 is 1.76 bits per heavy atom. The van der Waals surface area contributed by atoms with Crippen LogP contribution in [0.5, 0.6) is 11.5 Å². The third-order valence-electron chi connectivity index (χ3n) is 3.20. The first-order valence-corrected chi connectivity index (χ1v) is 6.29. The highest BCUT2D eigenvalue weighted by molar-refractivity contribution is 8.01. The van der Waals surface area contributed by atoms with Crippen LogP contribution in [-0.2, 0) is 9.12 Å². The quantitative estimate of drug-likeness (QED) is 0.515. The highest BCUT2D eigenvalue weighted by Crippen LogP contribution is 2.66. The number of fused-ring (bicyclic) bond motifs is 4. The van der Waals surface area contributed by atoms with Gasteiger partial charge in [-0.15, -0.1) is 0 Å². The summed E-state index contributed by atoms with van der Waals surface area (Å²) in [6.07, 6.45) is 0. The van der Waals surface area contributed by atoms with Crippen molar-refractivity contribution in [3.8, 4) is 11.5 Å². The Hall–Kier alpha value is -1.45. The summed E-state index contributed by atoms with van der Waals surface area (Å²) < 4.78 is 11.6. The topological polar surface area (TPSA) is 21.8 Å². The zero-order valence-corrected chi connectivity index (χ0v) is 10.1. The predicted octanol–water partition coefficient (Wildman–Crippen LogP) is 3.98. The maximum Gasteiger partial charge on any atom is 0.211 e.